The van der Waals surface area contributed by atoms with Gasteiger partial charge in [-0.05, 0) is 100 Å². The fourth-order valence-electron chi connectivity index (χ4n) is 8.14. The van der Waals surface area contributed by atoms with Gasteiger partial charge in [0.15, 0.2) is 0 Å². The van der Waals surface area contributed by atoms with Gasteiger partial charge in [0.05, 0.1) is 22.2 Å². The van der Waals surface area contributed by atoms with Crippen LogP contribution in [0.15, 0.2) is 211 Å². The molecule has 0 saturated carbocycles. The number of rotatable bonds is 6. The lowest BCUT2D eigenvalue weighted by Gasteiger charge is -2.28. The van der Waals surface area contributed by atoms with Crippen molar-refractivity contribution in [3.05, 3.63) is 206 Å². The van der Waals surface area contributed by atoms with E-state index in [0.29, 0.717) is 16.9 Å². The van der Waals surface area contributed by atoms with Gasteiger partial charge in [-0.1, -0.05) is 133 Å². The number of anilines is 3. The van der Waals surface area contributed by atoms with E-state index in [-0.39, 0.29) is 35.4 Å². The van der Waals surface area contributed by atoms with E-state index in [0.717, 1.165) is 60.6 Å². The van der Waals surface area contributed by atoms with Crippen LogP contribution in [0.1, 0.15) is 5.48 Å². The Balaban J connectivity index is 1.16. The third-order valence-electron chi connectivity index (χ3n) is 10.6. The number of hydrogen-bond acceptors (Lipinski definition) is 2. The highest BCUT2D eigenvalue weighted by molar-refractivity contribution is 6.16. The van der Waals surface area contributed by atoms with E-state index in [1.165, 1.54) is 10.8 Å². The molecule has 2 aromatic heterocycles. The SMILES string of the molecule is [2H]c1c([2H])c(N(c2ccc(-n3c4ccccc4c4ccccc43)cc2)c2ccccc2-c2cccc3oc4cc5ccccc5cc4c23)c([2H])c([2H])c1-c1ccccc1. The molecule has 11 aromatic rings. The summed E-state index contributed by atoms with van der Waals surface area (Å²) in [5.41, 5.74) is 8.90. The molecule has 11 rings (SSSR count). The molecule has 0 amide bonds. The number of furan rings is 1. The fourth-order valence-corrected chi connectivity index (χ4v) is 8.14. The van der Waals surface area contributed by atoms with Gasteiger partial charge >= 0.3 is 0 Å². The minimum absolute atomic E-state index is 0.105. The van der Waals surface area contributed by atoms with Crippen molar-refractivity contribution in [2.45, 2.75) is 0 Å². The third-order valence-corrected chi connectivity index (χ3v) is 10.6. The van der Waals surface area contributed by atoms with Gasteiger partial charge in [0.2, 0.25) is 0 Å². The average molecular weight is 707 g/mol. The molecule has 3 nitrogen and oxygen atoms in total. The molecule has 0 aliphatic rings. The van der Waals surface area contributed by atoms with Crippen LogP contribution in [-0.4, -0.2) is 4.57 Å². The Bertz CT molecular complexity index is 3360. The van der Waals surface area contributed by atoms with Crippen molar-refractivity contribution in [1.82, 2.24) is 4.57 Å². The molecule has 0 spiro atoms. The molecule has 0 aliphatic carbocycles. The lowest BCUT2D eigenvalue weighted by molar-refractivity contribution is 0.669. The van der Waals surface area contributed by atoms with Gasteiger partial charge in [-0.2, -0.15) is 0 Å². The lowest BCUT2D eigenvalue weighted by Crippen LogP contribution is -2.11. The second kappa shape index (κ2) is 12.6. The Hall–Kier alpha value is -7.36. The Morgan fingerprint density at radius 3 is 1.80 bits per heavy atom. The molecule has 258 valence electrons. The monoisotopic (exact) mass is 706 g/mol. The van der Waals surface area contributed by atoms with E-state index in [1.807, 2.05) is 89.8 Å². The Labute approximate surface area is 324 Å². The molecular weight excluding hydrogens is 669 g/mol. The van der Waals surface area contributed by atoms with Crippen LogP contribution in [0, 0.1) is 0 Å². The molecule has 0 atom stereocenters. The van der Waals surface area contributed by atoms with Gasteiger partial charge in [-0.3, -0.25) is 0 Å². The average Bonchev–Trinajstić information content (AvgIpc) is 3.82. The van der Waals surface area contributed by atoms with Gasteiger partial charge < -0.3 is 13.9 Å². The van der Waals surface area contributed by atoms with Crippen LogP contribution in [0.2, 0.25) is 0 Å². The van der Waals surface area contributed by atoms with Crippen LogP contribution in [0.5, 0.6) is 0 Å². The maximum Gasteiger partial charge on any atom is 0.136 e. The fraction of sp³-hybridized carbons (Fsp3) is 0. The van der Waals surface area contributed by atoms with Gasteiger partial charge in [-0.15, -0.1) is 0 Å². The maximum absolute atomic E-state index is 9.60. The third kappa shape index (κ3) is 5.13. The van der Waals surface area contributed by atoms with Crippen LogP contribution in [0.3, 0.4) is 0 Å². The summed E-state index contributed by atoms with van der Waals surface area (Å²) in [6.07, 6.45) is 0. The van der Waals surface area contributed by atoms with E-state index in [9.17, 15) is 5.48 Å². The zero-order valence-electron chi connectivity index (χ0n) is 33.6. The first-order valence-corrected chi connectivity index (χ1v) is 18.4. The zero-order valence-corrected chi connectivity index (χ0v) is 29.6. The molecular formula is C52H34N2O. The van der Waals surface area contributed by atoms with Crippen LogP contribution in [0.25, 0.3) is 82.5 Å². The molecule has 0 unspecified atom stereocenters. The molecule has 2 heterocycles. The largest absolute Gasteiger partial charge is 0.456 e. The number of fused-ring (bicyclic) bond motifs is 7. The van der Waals surface area contributed by atoms with Gasteiger partial charge in [0.25, 0.3) is 0 Å². The summed E-state index contributed by atoms with van der Waals surface area (Å²) in [6.45, 7) is 0. The van der Waals surface area contributed by atoms with E-state index < -0.39 is 0 Å². The van der Waals surface area contributed by atoms with Crippen molar-refractivity contribution < 1.29 is 9.90 Å². The molecule has 55 heavy (non-hydrogen) atoms. The number of hydrogen-bond donors (Lipinski definition) is 0. The first kappa shape index (κ1) is 27.3. The standard InChI is InChI=1S/C52H34N2O/c1-2-13-35(14-3-1)36-25-27-39(28-26-36)53(40-29-31-41(32-30-40)54-48-22-10-6-17-42(48)43-18-7-11-23-49(43)54)47-21-9-8-19-44(47)45-20-12-24-50-52(45)46-33-37-15-4-5-16-38(37)34-51(46)55-50/h1-34H/i25D,26D,27D,28D. The summed E-state index contributed by atoms with van der Waals surface area (Å²) in [5.74, 6) is 0. The first-order valence-electron chi connectivity index (χ1n) is 20.4. The molecule has 0 bridgehead atoms. The minimum Gasteiger partial charge on any atom is -0.456 e. The predicted octanol–water partition coefficient (Wildman–Crippen LogP) is 14.6. The predicted molar refractivity (Wildman–Crippen MR) is 231 cm³/mol. The lowest BCUT2D eigenvalue weighted by atomic mass is 9.96. The number of nitrogens with zero attached hydrogens (tertiary/aromatic N) is 2. The second-order valence-corrected chi connectivity index (χ2v) is 13.8. The van der Waals surface area contributed by atoms with Gasteiger partial charge in [0, 0.05) is 44.2 Å². The summed E-state index contributed by atoms with van der Waals surface area (Å²) in [4.78, 5) is 1.89. The number of benzene rings is 9. The highest BCUT2D eigenvalue weighted by Crippen LogP contribution is 2.46. The van der Waals surface area contributed by atoms with Crippen LogP contribution >= 0.6 is 0 Å². The summed E-state index contributed by atoms with van der Waals surface area (Å²) >= 11 is 0. The summed E-state index contributed by atoms with van der Waals surface area (Å²) in [5, 5.41) is 6.48. The molecule has 0 radical (unpaired) electrons. The first-order chi connectivity index (χ1) is 29.0. The molecule has 9 aromatic carbocycles. The summed E-state index contributed by atoms with van der Waals surface area (Å²) < 4.78 is 46.6. The van der Waals surface area contributed by atoms with Crippen molar-refractivity contribution >= 4 is 71.6 Å². The van der Waals surface area contributed by atoms with Crippen molar-refractivity contribution in [3.8, 4) is 27.9 Å². The molecule has 3 heteroatoms. The Morgan fingerprint density at radius 1 is 0.436 bits per heavy atom. The van der Waals surface area contributed by atoms with Crippen molar-refractivity contribution in [1.29, 1.82) is 0 Å². The molecule has 0 aliphatic heterocycles. The van der Waals surface area contributed by atoms with E-state index >= 15 is 0 Å². The minimum atomic E-state index is -0.135. The zero-order chi connectivity index (χ0) is 39.8. The van der Waals surface area contributed by atoms with E-state index in [4.69, 9.17) is 4.42 Å². The summed E-state index contributed by atoms with van der Waals surface area (Å²) in [6, 6.07) is 60.3. The van der Waals surface area contributed by atoms with Crippen LogP contribution in [-0.2, 0) is 0 Å². The molecule has 0 N–H and O–H groups in total. The number of para-hydroxylation sites is 3. The molecule has 0 saturated heterocycles. The van der Waals surface area contributed by atoms with Crippen molar-refractivity contribution in [3.63, 3.8) is 0 Å². The summed E-state index contributed by atoms with van der Waals surface area (Å²) in [7, 11) is 0. The van der Waals surface area contributed by atoms with Crippen LogP contribution < -0.4 is 4.90 Å². The van der Waals surface area contributed by atoms with Crippen molar-refractivity contribution in [2.75, 3.05) is 4.90 Å². The van der Waals surface area contributed by atoms with E-state index in [2.05, 4.69) is 102 Å². The van der Waals surface area contributed by atoms with E-state index in [1.54, 1.807) is 0 Å². The number of aromatic nitrogens is 1. The smallest absolute Gasteiger partial charge is 0.136 e. The quantitative estimate of drug-likeness (QED) is 0.172. The normalized spacial score (nSPS) is 12.7. The Morgan fingerprint density at radius 2 is 1.05 bits per heavy atom. The topological polar surface area (TPSA) is 21.3 Å². The van der Waals surface area contributed by atoms with Gasteiger partial charge in [-0.25, -0.2) is 0 Å². The van der Waals surface area contributed by atoms with Crippen molar-refractivity contribution in [2.24, 2.45) is 0 Å². The maximum atomic E-state index is 9.60. The Kier molecular flexibility index (Phi) is 6.27. The highest BCUT2D eigenvalue weighted by atomic mass is 16.3. The second-order valence-electron chi connectivity index (χ2n) is 13.8. The highest BCUT2D eigenvalue weighted by Gasteiger charge is 2.21. The van der Waals surface area contributed by atoms with Crippen LogP contribution in [0.4, 0.5) is 17.1 Å². The van der Waals surface area contributed by atoms with Gasteiger partial charge in [0.1, 0.15) is 11.2 Å². The molecule has 0 fully saturated rings.